The minimum absolute atomic E-state index is 0.0569. The number of nitriles is 1. The van der Waals surface area contributed by atoms with Gasteiger partial charge in [-0.05, 0) is 69.9 Å². The van der Waals surface area contributed by atoms with Crippen molar-refractivity contribution in [3.8, 4) is 11.9 Å². The highest BCUT2D eigenvalue weighted by Crippen LogP contribution is 2.78. The largest absolute Gasteiger partial charge is 0.390 e. The lowest BCUT2D eigenvalue weighted by Crippen LogP contribution is -2.50. The van der Waals surface area contributed by atoms with Crippen molar-refractivity contribution in [3.05, 3.63) is 41.9 Å². The van der Waals surface area contributed by atoms with E-state index >= 15 is 0 Å². The summed E-state index contributed by atoms with van der Waals surface area (Å²) in [6.45, 7) is 6.59. The number of fused-ring (bicyclic) bond motifs is 2. The molecule has 2 bridgehead atoms. The molecule has 2 aliphatic heterocycles. The maximum atomic E-state index is 10.7. The lowest BCUT2D eigenvalue weighted by atomic mass is 9.61. The highest BCUT2D eigenvalue weighted by Gasteiger charge is 2.75. The van der Waals surface area contributed by atoms with Gasteiger partial charge in [-0.3, -0.25) is 0 Å². The van der Waals surface area contributed by atoms with Crippen molar-refractivity contribution in [1.29, 1.82) is 5.26 Å². The van der Waals surface area contributed by atoms with Gasteiger partial charge in [0, 0.05) is 29.5 Å². The van der Waals surface area contributed by atoms with E-state index in [0.717, 1.165) is 66.8 Å². The maximum Gasteiger partial charge on any atom is 0.159 e. The summed E-state index contributed by atoms with van der Waals surface area (Å²) in [6, 6.07) is 11.4. The third kappa shape index (κ3) is 2.40. The Morgan fingerprint density at radius 2 is 1.91 bits per heavy atom. The van der Waals surface area contributed by atoms with Gasteiger partial charge in [0.15, 0.2) is 5.82 Å². The molecule has 0 radical (unpaired) electrons. The molecule has 1 N–H and O–H groups in total. The predicted octanol–water partition coefficient (Wildman–Crippen LogP) is 3.81. The van der Waals surface area contributed by atoms with E-state index in [1.54, 1.807) is 0 Å². The van der Waals surface area contributed by atoms with Crippen LogP contribution in [0.5, 0.6) is 0 Å². The first kappa shape index (κ1) is 19.5. The molecule has 5 fully saturated rings. The minimum Gasteiger partial charge on any atom is -0.390 e. The van der Waals surface area contributed by atoms with Crippen molar-refractivity contribution < 1.29 is 5.11 Å². The van der Waals surface area contributed by atoms with Gasteiger partial charge < -0.3 is 10.0 Å². The van der Waals surface area contributed by atoms with Crippen LogP contribution in [0.3, 0.4) is 0 Å². The van der Waals surface area contributed by atoms with Crippen molar-refractivity contribution in [3.63, 3.8) is 0 Å². The molecule has 168 valence electrons. The summed E-state index contributed by atoms with van der Waals surface area (Å²) in [4.78, 5) is 11.8. The van der Waals surface area contributed by atoms with Gasteiger partial charge in [-0.1, -0.05) is 12.1 Å². The van der Waals surface area contributed by atoms with E-state index in [0.29, 0.717) is 11.9 Å². The monoisotopic (exact) mass is 440 g/mol. The molecule has 7 nitrogen and oxygen atoms in total. The third-order valence-corrected chi connectivity index (χ3v) is 9.28. The summed E-state index contributed by atoms with van der Waals surface area (Å²) < 4.78 is 1.89. The van der Waals surface area contributed by atoms with Gasteiger partial charge in [-0.25, -0.2) is 14.6 Å². The van der Waals surface area contributed by atoms with Crippen molar-refractivity contribution in [2.75, 3.05) is 11.4 Å². The fourth-order valence-electron chi connectivity index (χ4n) is 6.72. The molecule has 3 aliphatic carbocycles. The molecule has 5 aliphatic rings. The van der Waals surface area contributed by atoms with E-state index in [9.17, 15) is 10.4 Å². The smallest absolute Gasteiger partial charge is 0.159 e. The third-order valence-electron chi connectivity index (χ3n) is 9.28. The van der Waals surface area contributed by atoms with E-state index < -0.39 is 5.60 Å². The van der Waals surface area contributed by atoms with Crippen LogP contribution in [0.15, 0.2) is 30.5 Å². The molecule has 3 saturated carbocycles. The first-order chi connectivity index (χ1) is 15.7. The van der Waals surface area contributed by atoms with Crippen molar-refractivity contribution >= 4 is 16.7 Å². The first-order valence-electron chi connectivity index (χ1n) is 11.9. The zero-order chi connectivity index (χ0) is 22.8. The van der Waals surface area contributed by atoms with Gasteiger partial charge in [0.1, 0.15) is 11.6 Å². The molecule has 3 aromatic rings. The summed E-state index contributed by atoms with van der Waals surface area (Å²) >= 11 is 0. The number of aliphatic hydroxyl groups is 1. The number of aromatic nitrogens is 4. The quantitative estimate of drug-likeness (QED) is 0.663. The van der Waals surface area contributed by atoms with E-state index in [1.807, 2.05) is 37.7 Å². The van der Waals surface area contributed by atoms with E-state index in [1.165, 1.54) is 0 Å². The number of benzene rings is 1. The van der Waals surface area contributed by atoms with Crippen LogP contribution in [0.1, 0.15) is 57.3 Å². The van der Waals surface area contributed by atoms with Crippen molar-refractivity contribution in [2.24, 2.45) is 10.8 Å². The average molecular weight is 441 g/mol. The van der Waals surface area contributed by atoms with Gasteiger partial charge in [0.05, 0.1) is 28.8 Å². The highest BCUT2D eigenvalue weighted by atomic mass is 16.3. The summed E-state index contributed by atoms with van der Waals surface area (Å²) in [6.07, 6.45) is 7.17. The second-order valence-corrected chi connectivity index (χ2v) is 11.5. The van der Waals surface area contributed by atoms with Crippen LogP contribution in [-0.2, 0) is 5.41 Å². The number of hydrogen-bond acceptors (Lipinski definition) is 6. The summed E-state index contributed by atoms with van der Waals surface area (Å²) in [5.41, 5.74) is 1.23. The van der Waals surface area contributed by atoms with Crippen LogP contribution in [0.2, 0.25) is 0 Å². The van der Waals surface area contributed by atoms with Gasteiger partial charge >= 0.3 is 0 Å². The standard InChI is InChI=1S/C26H28N6O/c1-16-29-21(31-15-25(23(2,3)33)10-19(31)11-25)9-22(30-16)32-20-8-18(5-4-17(20)12-28-32)26(14-27)13-24(26)6-7-24/h4-5,8-9,12,19,33H,6-7,10-11,13,15H2,1-3H3. The zero-order valence-electron chi connectivity index (χ0n) is 19.3. The van der Waals surface area contributed by atoms with Crippen LogP contribution in [0.4, 0.5) is 5.82 Å². The van der Waals surface area contributed by atoms with Crippen molar-refractivity contribution in [1.82, 2.24) is 19.7 Å². The Labute approximate surface area is 193 Å². The Morgan fingerprint density at radius 3 is 2.55 bits per heavy atom. The zero-order valence-corrected chi connectivity index (χ0v) is 19.3. The summed E-state index contributed by atoms with van der Waals surface area (Å²) in [7, 11) is 0. The molecule has 2 aromatic heterocycles. The van der Waals surface area contributed by atoms with Crippen LogP contribution in [-0.4, -0.2) is 43.0 Å². The van der Waals surface area contributed by atoms with Gasteiger partial charge in [0.2, 0.25) is 0 Å². The van der Waals surface area contributed by atoms with Crippen LogP contribution in [0, 0.1) is 29.1 Å². The second kappa shape index (κ2) is 5.74. The summed E-state index contributed by atoms with van der Waals surface area (Å²) in [5, 5.41) is 26.4. The number of anilines is 1. The Balaban J connectivity index is 1.28. The Hall–Kier alpha value is -2.98. The molecule has 33 heavy (non-hydrogen) atoms. The molecule has 1 aromatic carbocycles. The van der Waals surface area contributed by atoms with Gasteiger partial charge in [-0.2, -0.15) is 10.4 Å². The molecule has 7 heteroatoms. The Morgan fingerprint density at radius 1 is 1.15 bits per heavy atom. The molecule has 1 atom stereocenters. The SMILES string of the molecule is Cc1nc(N2CC3(C(C)(C)O)CC2C3)cc(-n2ncc3ccc(C4(C#N)CC45CC5)cc32)n1. The van der Waals surface area contributed by atoms with Crippen LogP contribution >= 0.6 is 0 Å². The van der Waals surface area contributed by atoms with Crippen molar-refractivity contribution in [2.45, 2.75) is 69.9 Å². The van der Waals surface area contributed by atoms with Crippen LogP contribution in [0.25, 0.3) is 16.7 Å². The summed E-state index contributed by atoms with van der Waals surface area (Å²) in [5.74, 6) is 2.35. The lowest BCUT2D eigenvalue weighted by molar-refractivity contribution is -0.0754. The molecular weight excluding hydrogens is 412 g/mol. The molecular formula is C26H28N6O. The van der Waals surface area contributed by atoms with E-state index in [4.69, 9.17) is 9.97 Å². The van der Waals surface area contributed by atoms with Gasteiger partial charge in [0.25, 0.3) is 0 Å². The first-order valence-corrected chi connectivity index (χ1v) is 11.9. The lowest BCUT2D eigenvalue weighted by Gasteiger charge is -2.45. The molecule has 4 heterocycles. The maximum absolute atomic E-state index is 10.7. The van der Waals surface area contributed by atoms with Crippen LogP contribution < -0.4 is 4.90 Å². The topological polar surface area (TPSA) is 90.9 Å². The average Bonchev–Trinajstić information content (AvgIpc) is 3.43. The molecule has 2 saturated heterocycles. The minimum atomic E-state index is -0.698. The fraction of sp³-hybridized carbons (Fsp3) is 0.538. The molecule has 1 spiro atoms. The van der Waals surface area contributed by atoms with E-state index in [2.05, 4.69) is 34.3 Å². The number of aryl methyl sites for hydroxylation is 1. The number of nitrogens with zero attached hydrogens (tertiary/aromatic N) is 6. The normalized spacial score (nSPS) is 31.0. The molecule has 1 unspecified atom stereocenters. The Bertz CT molecular complexity index is 1370. The number of hydrogen-bond donors (Lipinski definition) is 1. The van der Waals surface area contributed by atoms with Gasteiger partial charge in [-0.15, -0.1) is 0 Å². The predicted molar refractivity (Wildman–Crippen MR) is 124 cm³/mol. The highest BCUT2D eigenvalue weighted by molar-refractivity contribution is 5.82. The molecule has 0 amide bonds. The second-order valence-electron chi connectivity index (χ2n) is 11.5. The van der Waals surface area contributed by atoms with E-state index in [-0.39, 0.29) is 16.2 Å². The fourth-order valence-corrected chi connectivity index (χ4v) is 6.72. The Kier molecular flexibility index (Phi) is 3.39. The number of rotatable bonds is 4. The molecule has 8 rings (SSSR count).